The molecule has 0 bridgehead atoms. The second-order valence-electron chi connectivity index (χ2n) is 7.41. The normalized spacial score (nSPS) is 21.1. The maximum atomic E-state index is 5.61. The lowest BCUT2D eigenvalue weighted by Crippen LogP contribution is -2.13. The van der Waals surface area contributed by atoms with Gasteiger partial charge in [-0.1, -0.05) is 56.9 Å². The molecule has 130 valence electrons. The van der Waals surface area contributed by atoms with Gasteiger partial charge in [0.2, 0.25) is 0 Å². The van der Waals surface area contributed by atoms with Crippen LogP contribution in [-0.4, -0.2) is 6.61 Å². The minimum atomic E-state index is 0.727. The van der Waals surface area contributed by atoms with Gasteiger partial charge in [0.1, 0.15) is 5.75 Å². The summed E-state index contributed by atoms with van der Waals surface area (Å²) in [6, 6.07) is 13.5. The van der Waals surface area contributed by atoms with Gasteiger partial charge in [-0.05, 0) is 72.9 Å². The molecule has 2 aromatic carbocycles. The van der Waals surface area contributed by atoms with Crippen LogP contribution in [0, 0.1) is 5.92 Å². The molecular formula is C23H32O. The SMILES string of the molecule is CCCCCC1CCC(c2ccc3cc(OCC)ccc3c2)CC1. The summed E-state index contributed by atoms with van der Waals surface area (Å²) >= 11 is 0. The second kappa shape index (κ2) is 8.55. The van der Waals surface area contributed by atoms with Crippen molar-refractivity contribution in [3.63, 3.8) is 0 Å². The number of benzene rings is 2. The summed E-state index contributed by atoms with van der Waals surface area (Å²) in [5.74, 6) is 2.73. The fourth-order valence-electron chi connectivity index (χ4n) is 4.22. The zero-order valence-electron chi connectivity index (χ0n) is 15.4. The van der Waals surface area contributed by atoms with E-state index in [9.17, 15) is 0 Å². The summed E-state index contributed by atoms with van der Waals surface area (Å²) in [6.45, 7) is 5.06. The van der Waals surface area contributed by atoms with Crippen LogP contribution in [0.4, 0.5) is 0 Å². The number of fused-ring (bicyclic) bond motifs is 1. The van der Waals surface area contributed by atoms with E-state index in [1.807, 2.05) is 6.92 Å². The predicted octanol–water partition coefficient (Wildman–Crippen LogP) is 7.09. The van der Waals surface area contributed by atoms with Gasteiger partial charge in [-0.3, -0.25) is 0 Å². The van der Waals surface area contributed by atoms with Gasteiger partial charge >= 0.3 is 0 Å². The van der Waals surface area contributed by atoms with E-state index < -0.39 is 0 Å². The Hall–Kier alpha value is -1.50. The lowest BCUT2D eigenvalue weighted by Gasteiger charge is -2.29. The van der Waals surface area contributed by atoms with Crippen LogP contribution < -0.4 is 4.74 Å². The van der Waals surface area contributed by atoms with Gasteiger partial charge in [0.25, 0.3) is 0 Å². The van der Waals surface area contributed by atoms with Crippen LogP contribution in [0.1, 0.15) is 76.7 Å². The monoisotopic (exact) mass is 324 g/mol. The Bertz CT molecular complexity index is 638. The Balaban J connectivity index is 1.62. The summed E-state index contributed by atoms with van der Waals surface area (Å²) in [5.41, 5.74) is 1.54. The van der Waals surface area contributed by atoms with E-state index in [1.165, 1.54) is 62.1 Å². The molecule has 0 radical (unpaired) electrons. The van der Waals surface area contributed by atoms with Crippen molar-refractivity contribution >= 4 is 10.8 Å². The molecule has 0 unspecified atom stereocenters. The van der Waals surface area contributed by atoms with Gasteiger partial charge in [-0.25, -0.2) is 0 Å². The molecule has 1 nitrogen and oxygen atoms in total. The van der Waals surface area contributed by atoms with Crippen LogP contribution in [0.15, 0.2) is 36.4 Å². The van der Waals surface area contributed by atoms with Crippen molar-refractivity contribution in [2.75, 3.05) is 6.61 Å². The first-order chi connectivity index (χ1) is 11.8. The molecule has 1 aliphatic carbocycles. The molecule has 3 rings (SSSR count). The molecular weight excluding hydrogens is 292 g/mol. The van der Waals surface area contributed by atoms with E-state index in [2.05, 4.69) is 43.3 Å². The second-order valence-corrected chi connectivity index (χ2v) is 7.41. The highest BCUT2D eigenvalue weighted by Gasteiger charge is 2.22. The molecule has 1 fully saturated rings. The zero-order chi connectivity index (χ0) is 16.8. The van der Waals surface area contributed by atoms with Crippen molar-refractivity contribution in [3.8, 4) is 5.75 Å². The van der Waals surface area contributed by atoms with Crippen LogP contribution >= 0.6 is 0 Å². The first kappa shape index (κ1) is 17.3. The average Bonchev–Trinajstić information content (AvgIpc) is 2.62. The molecule has 0 atom stereocenters. The van der Waals surface area contributed by atoms with E-state index in [1.54, 1.807) is 5.56 Å². The van der Waals surface area contributed by atoms with E-state index in [-0.39, 0.29) is 0 Å². The van der Waals surface area contributed by atoms with Crippen molar-refractivity contribution in [3.05, 3.63) is 42.0 Å². The Morgan fingerprint density at radius 2 is 1.62 bits per heavy atom. The van der Waals surface area contributed by atoms with E-state index in [4.69, 9.17) is 4.74 Å². The van der Waals surface area contributed by atoms with Crippen LogP contribution in [-0.2, 0) is 0 Å². The van der Waals surface area contributed by atoms with Gasteiger partial charge in [0.15, 0.2) is 0 Å². The van der Waals surface area contributed by atoms with Crippen molar-refractivity contribution in [1.82, 2.24) is 0 Å². The van der Waals surface area contributed by atoms with Gasteiger partial charge in [-0.15, -0.1) is 0 Å². The molecule has 1 heteroatoms. The van der Waals surface area contributed by atoms with E-state index >= 15 is 0 Å². The largest absolute Gasteiger partial charge is 0.494 e. The lowest BCUT2D eigenvalue weighted by molar-refractivity contribution is 0.303. The fraction of sp³-hybridized carbons (Fsp3) is 0.565. The topological polar surface area (TPSA) is 9.23 Å². The molecule has 0 N–H and O–H groups in total. The molecule has 0 amide bonds. The highest BCUT2D eigenvalue weighted by Crippen LogP contribution is 2.38. The molecule has 0 aromatic heterocycles. The molecule has 24 heavy (non-hydrogen) atoms. The molecule has 0 heterocycles. The predicted molar refractivity (Wildman–Crippen MR) is 104 cm³/mol. The lowest BCUT2D eigenvalue weighted by atomic mass is 9.77. The first-order valence-electron chi connectivity index (χ1n) is 9.96. The van der Waals surface area contributed by atoms with Crippen LogP contribution in [0.3, 0.4) is 0 Å². The van der Waals surface area contributed by atoms with Crippen molar-refractivity contribution in [2.24, 2.45) is 5.92 Å². The third-order valence-corrected chi connectivity index (χ3v) is 5.68. The van der Waals surface area contributed by atoms with E-state index in [0.717, 1.165) is 24.2 Å². The maximum Gasteiger partial charge on any atom is 0.119 e. The highest BCUT2D eigenvalue weighted by atomic mass is 16.5. The number of hydrogen-bond donors (Lipinski definition) is 0. The molecule has 2 aromatic rings. The molecule has 1 saturated carbocycles. The number of unbranched alkanes of at least 4 members (excludes halogenated alkanes) is 2. The van der Waals surface area contributed by atoms with Crippen LogP contribution in [0.5, 0.6) is 5.75 Å². The Morgan fingerprint density at radius 3 is 2.38 bits per heavy atom. The number of rotatable bonds is 7. The summed E-state index contributed by atoms with van der Waals surface area (Å²) in [6.07, 6.45) is 11.2. The average molecular weight is 325 g/mol. The van der Waals surface area contributed by atoms with Gasteiger partial charge in [-0.2, -0.15) is 0 Å². The maximum absolute atomic E-state index is 5.61. The third kappa shape index (κ3) is 4.32. The zero-order valence-corrected chi connectivity index (χ0v) is 15.4. The van der Waals surface area contributed by atoms with Gasteiger partial charge < -0.3 is 4.74 Å². The summed E-state index contributed by atoms with van der Waals surface area (Å²) in [4.78, 5) is 0. The number of ether oxygens (including phenoxy) is 1. The van der Waals surface area contributed by atoms with Crippen LogP contribution in [0.2, 0.25) is 0 Å². The standard InChI is InChI=1S/C23H32O/c1-3-5-6-7-18-8-10-19(11-9-18)20-12-13-22-17-23(24-4-2)15-14-21(22)16-20/h12-19H,3-11H2,1-2H3. The quantitative estimate of drug-likeness (QED) is 0.494. The van der Waals surface area contributed by atoms with Crippen molar-refractivity contribution in [1.29, 1.82) is 0 Å². The Labute approximate surface area is 147 Å². The van der Waals surface area contributed by atoms with Crippen molar-refractivity contribution in [2.45, 2.75) is 71.1 Å². The highest BCUT2D eigenvalue weighted by molar-refractivity contribution is 5.84. The number of hydrogen-bond acceptors (Lipinski definition) is 1. The summed E-state index contributed by atoms with van der Waals surface area (Å²) in [7, 11) is 0. The molecule has 0 aliphatic heterocycles. The Morgan fingerprint density at radius 1 is 0.875 bits per heavy atom. The van der Waals surface area contributed by atoms with Crippen molar-refractivity contribution < 1.29 is 4.74 Å². The van der Waals surface area contributed by atoms with E-state index in [0.29, 0.717) is 0 Å². The molecule has 1 aliphatic rings. The third-order valence-electron chi connectivity index (χ3n) is 5.68. The minimum absolute atomic E-state index is 0.727. The fourth-order valence-corrected chi connectivity index (χ4v) is 4.22. The molecule has 0 spiro atoms. The van der Waals surface area contributed by atoms with Gasteiger partial charge in [0, 0.05) is 0 Å². The summed E-state index contributed by atoms with van der Waals surface area (Å²) in [5, 5.41) is 2.64. The molecule has 0 saturated heterocycles. The first-order valence-corrected chi connectivity index (χ1v) is 9.96. The summed E-state index contributed by atoms with van der Waals surface area (Å²) < 4.78 is 5.61. The Kier molecular flexibility index (Phi) is 6.18. The van der Waals surface area contributed by atoms with Crippen LogP contribution in [0.25, 0.3) is 10.8 Å². The van der Waals surface area contributed by atoms with Gasteiger partial charge in [0.05, 0.1) is 6.61 Å². The minimum Gasteiger partial charge on any atom is -0.494 e. The smallest absolute Gasteiger partial charge is 0.119 e.